The number of nitrogens with zero attached hydrogens (tertiary/aromatic N) is 1. The number of benzene rings is 2. The van der Waals surface area contributed by atoms with Gasteiger partial charge in [0.15, 0.2) is 0 Å². The van der Waals surface area contributed by atoms with E-state index in [0.29, 0.717) is 11.7 Å². The molecule has 0 aliphatic heterocycles. The summed E-state index contributed by atoms with van der Waals surface area (Å²) in [4.78, 5) is 16.6. The molecule has 3 rings (SSSR count). The molecule has 1 aliphatic rings. The maximum absolute atomic E-state index is 14.1. The largest absolute Gasteiger partial charge is 0.299 e. The van der Waals surface area contributed by atoms with Crippen molar-refractivity contribution in [3.05, 3.63) is 71.8 Å². The molecule has 0 radical (unpaired) electrons. The van der Waals surface area contributed by atoms with Crippen LogP contribution in [0.3, 0.4) is 0 Å². The second-order valence-electron chi connectivity index (χ2n) is 11.7. The van der Waals surface area contributed by atoms with Crippen molar-refractivity contribution >= 4 is 13.9 Å². The van der Waals surface area contributed by atoms with Crippen LogP contribution >= 0.6 is 0 Å². The first-order valence-corrected chi connectivity index (χ1v) is 16.0. The van der Waals surface area contributed by atoms with E-state index in [9.17, 15) is 4.79 Å². The number of Topliss-reactive ketones (excluding diaryl/α,β-unsaturated/α-hetero) is 1. The van der Waals surface area contributed by atoms with Gasteiger partial charge in [0, 0.05) is 31.1 Å². The normalized spacial score (nSPS) is 20.3. The predicted molar refractivity (Wildman–Crippen MR) is 144 cm³/mol. The minimum Gasteiger partial charge on any atom is -0.299 e. The van der Waals surface area contributed by atoms with E-state index in [1.54, 1.807) is 0 Å². The van der Waals surface area contributed by atoms with Crippen molar-refractivity contribution in [2.75, 3.05) is 6.54 Å². The average Bonchev–Trinajstić information content (AvgIpc) is 2.96. The van der Waals surface area contributed by atoms with Gasteiger partial charge in [0.1, 0.15) is 5.78 Å². The molecule has 2 aromatic carbocycles. The highest BCUT2D eigenvalue weighted by Crippen LogP contribution is 2.52. The van der Waals surface area contributed by atoms with Crippen molar-refractivity contribution in [3.63, 3.8) is 0 Å². The standard InChI is InChI=1S/C30H45NOSi/c1-24(2)30(3,4)33(5,6)28-20-14-13-19-27(29(28)32)23-31(21-25-15-9-7-10-16-25)22-26-17-11-8-12-18-26/h7-12,15-18,24,27-28H,13-14,19-23H2,1-6H3/t27-,28+/m0/s1. The predicted octanol–water partition coefficient (Wildman–Crippen LogP) is 7.96. The van der Waals surface area contributed by atoms with Gasteiger partial charge in [-0.15, -0.1) is 0 Å². The van der Waals surface area contributed by atoms with Crippen molar-refractivity contribution in [2.24, 2.45) is 11.8 Å². The number of ketones is 1. The topological polar surface area (TPSA) is 20.3 Å². The van der Waals surface area contributed by atoms with Gasteiger partial charge in [-0.05, 0) is 34.9 Å². The first kappa shape index (κ1) is 25.9. The van der Waals surface area contributed by atoms with E-state index in [-0.39, 0.29) is 16.5 Å². The van der Waals surface area contributed by atoms with Gasteiger partial charge in [0.2, 0.25) is 0 Å². The summed E-state index contributed by atoms with van der Waals surface area (Å²) in [5, 5.41) is 0.246. The number of carbonyl (C=O) groups is 1. The number of rotatable bonds is 9. The summed E-state index contributed by atoms with van der Waals surface area (Å²) < 4.78 is 0. The van der Waals surface area contributed by atoms with E-state index < -0.39 is 8.07 Å². The van der Waals surface area contributed by atoms with E-state index in [2.05, 4.69) is 106 Å². The Labute approximate surface area is 203 Å². The van der Waals surface area contributed by atoms with Crippen LogP contribution in [0.2, 0.25) is 23.7 Å². The fourth-order valence-corrected chi connectivity index (χ4v) is 9.84. The fourth-order valence-electron chi connectivity index (χ4n) is 5.58. The van der Waals surface area contributed by atoms with E-state index >= 15 is 0 Å². The lowest BCUT2D eigenvalue weighted by Crippen LogP contribution is -2.50. The smallest absolute Gasteiger partial charge is 0.137 e. The summed E-state index contributed by atoms with van der Waals surface area (Å²) in [6.45, 7) is 17.2. The third-order valence-corrected chi connectivity index (χ3v) is 15.2. The fraction of sp³-hybridized carbons (Fsp3) is 0.567. The Balaban J connectivity index is 1.83. The quantitative estimate of drug-likeness (QED) is 0.278. The minimum atomic E-state index is -1.80. The zero-order valence-corrected chi connectivity index (χ0v) is 22.8. The summed E-state index contributed by atoms with van der Waals surface area (Å²) in [7, 11) is -1.80. The van der Waals surface area contributed by atoms with E-state index in [0.717, 1.165) is 32.5 Å². The number of carbonyl (C=O) groups excluding carboxylic acids is 1. The van der Waals surface area contributed by atoms with Crippen LogP contribution in [0.5, 0.6) is 0 Å². The number of hydrogen-bond acceptors (Lipinski definition) is 2. The molecule has 0 unspecified atom stereocenters. The highest BCUT2D eigenvalue weighted by atomic mass is 28.3. The Morgan fingerprint density at radius 1 is 0.879 bits per heavy atom. The SMILES string of the molecule is CC(C)C(C)(C)[Si](C)(C)[C@@H]1CCCC[C@@H](CN(Cc2ccccc2)Cc2ccccc2)C1=O. The van der Waals surface area contributed by atoms with Gasteiger partial charge in [-0.2, -0.15) is 0 Å². The third kappa shape index (κ3) is 6.25. The molecule has 1 aliphatic carbocycles. The van der Waals surface area contributed by atoms with Gasteiger partial charge in [-0.1, -0.05) is 114 Å². The highest BCUT2D eigenvalue weighted by molar-refractivity contribution is 6.84. The van der Waals surface area contributed by atoms with Crippen LogP contribution in [0.25, 0.3) is 0 Å². The molecule has 2 aromatic rings. The van der Waals surface area contributed by atoms with Gasteiger partial charge >= 0.3 is 0 Å². The summed E-state index contributed by atoms with van der Waals surface area (Å²) in [6, 6.07) is 21.4. The molecular formula is C30H45NOSi. The van der Waals surface area contributed by atoms with Crippen molar-refractivity contribution in [1.29, 1.82) is 0 Å². The monoisotopic (exact) mass is 463 g/mol. The summed E-state index contributed by atoms with van der Waals surface area (Å²) in [5.41, 5.74) is 2.92. The Kier molecular flexibility index (Phi) is 8.74. The van der Waals surface area contributed by atoms with Crippen molar-refractivity contribution in [1.82, 2.24) is 4.90 Å². The second kappa shape index (κ2) is 11.1. The van der Waals surface area contributed by atoms with E-state index in [1.165, 1.54) is 24.0 Å². The molecule has 0 spiro atoms. The average molecular weight is 464 g/mol. The maximum atomic E-state index is 14.1. The molecule has 0 amide bonds. The molecule has 2 atom stereocenters. The van der Waals surface area contributed by atoms with Crippen LogP contribution in [-0.4, -0.2) is 25.3 Å². The molecule has 0 N–H and O–H groups in total. The van der Waals surface area contributed by atoms with Crippen LogP contribution in [0, 0.1) is 11.8 Å². The first-order valence-electron chi connectivity index (χ1n) is 13.0. The Morgan fingerprint density at radius 3 is 1.85 bits per heavy atom. The van der Waals surface area contributed by atoms with Gasteiger partial charge in [-0.3, -0.25) is 9.69 Å². The second-order valence-corrected chi connectivity index (χ2v) is 17.1. The zero-order chi connectivity index (χ0) is 24.1. The summed E-state index contributed by atoms with van der Waals surface area (Å²) in [5.74, 6) is 1.32. The molecule has 2 nitrogen and oxygen atoms in total. The third-order valence-electron chi connectivity index (χ3n) is 8.99. The molecule has 0 aromatic heterocycles. The summed E-state index contributed by atoms with van der Waals surface area (Å²) in [6.07, 6.45) is 4.53. The highest BCUT2D eigenvalue weighted by Gasteiger charge is 2.50. The maximum Gasteiger partial charge on any atom is 0.137 e. The lowest BCUT2D eigenvalue weighted by Gasteiger charge is -2.48. The molecule has 1 saturated carbocycles. The molecule has 0 saturated heterocycles. The first-order chi connectivity index (χ1) is 15.6. The Bertz CT molecular complexity index is 833. The summed E-state index contributed by atoms with van der Waals surface area (Å²) >= 11 is 0. The van der Waals surface area contributed by atoms with Gasteiger partial charge in [0.25, 0.3) is 0 Å². The van der Waals surface area contributed by atoms with Crippen LogP contribution in [-0.2, 0) is 17.9 Å². The van der Waals surface area contributed by atoms with Gasteiger partial charge < -0.3 is 0 Å². The molecule has 1 fully saturated rings. The molecule has 0 bridgehead atoms. The van der Waals surface area contributed by atoms with Crippen molar-refractivity contribution < 1.29 is 4.79 Å². The minimum absolute atomic E-state index is 0.152. The van der Waals surface area contributed by atoms with E-state index in [4.69, 9.17) is 0 Å². The van der Waals surface area contributed by atoms with Crippen LogP contribution in [0.4, 0.5) is 0 Å². The molecule has 33 heavy (non-hydrogen) atoms. The zero-order valence-electron chi connectivity index (χ0n) is 21.8. The molecular weight excluding hydrogens is 418 g/mol. The van der Waals surface area contributed by atoms with Gasteiger partial charge in [-0.25, -0.2) is 0 Å². The van der Waals surface area contributed by atoms with Crippen molar-refractivity contribution in [2.45, 2.75) is 90.1 Å². The van der Waals surface area contributed by atoms with Crippen LogP contribution in [0.1, 0.15) is 64.5 Å². The molecule has 180 valence electrons. The molecule has 0 heterocycles. The lowest BCUT2D eigenvalue weighted by molar-refractivity contribution is -0.123. The van der Waals surface area contributed by atoms with Gasteiger partial charge in [0.05, 0.1) is 8.07 Å². The lowest BCUT2D eigenvalue weighted by atomic mass is 9.97. The van der Waals surface area contributed by atoms with Crippen LogP contribution < -0.4 is 0 Å². The van der Waals surface area contributed by atoms with Crippen LogP contribution in [0.15, 0.2) is 60.7 Å². The van der Waals surface area contributed by atoms with E-state index in [1.807, 2.05) is 0 Å². The Hall–Kier alpha value is -1.71. The number of hydrogen-bond donors (Lipinski definition) is 0. The van der Waals surface area contributed by atoms with Crippen molar-refractivity contribution in [3.8, 4) is 0 Å². The Morgan fingerprint density at radius 2 is 1.36 bits per heavy atom. The molecule has 3 heteroatoms.